The predicted molar refractivity (Wildman–Crippen MR) is 133 cm³/mol. The Balaban J connectivity index is 1.75. The maximum Gasteiger partial charge on any atom is 0.272 e. The van der Waals surface area contributed by atoms with Crippen molar-refractivity contribution in [2.24, 2.45) is 0 Å². The molecule has 6 nitrogen and oxygen atoms in total. The number of aromatic nitrogens is 1. The summed E-state index contributed by atoms with van der Waals surface area (Å²) in [6.45, 7) is 12.7. The maximum atomic E-state index is 12.7. The molecule has 3 N–H and O–H groups in total. The molecule has 0 spiro atoms. The maximum absolute atomic E-state index is 12.7. The average molecular weight is 446 g/mol. The second-order valence-electron chi connectivity index (χ2n) is 10.2. The Hall–Kier alpha value is -3.67. The summed E-state index contributed by atoms with van der Waals surface area (Å²) in [6.07, 6.45) is 0. The highest BCUT2D eigenvalue weighted by molar-refractivity contribution is 6.06. The zero-order valence-corrected chi connectivity index (χ0v) is 20.0. The van der Waals surface area contributed by atoms with Gasteiger partial charge in [0.25, 0.3) is 11.8 Å². The third kappa shape index (κ3) is 6.19. The lowest BCUT2D eigenvalue weighted by molar-refractivity contribution is 0.101. The van der Waals surface area contributed by atoms with Crippen molar-refractivity contribution in [3.05, 3.63) is 93.4 Å². The number of nitrogens with one attached hydrogen (secondary N) is 3. The molecule has 0 aliphatic carbocycles. The van der Waals surface area contributed by atoms with E-state index in [1.165, 1.54) is 12.1 Å². The van der Waals surface area contributed by atoms with Gasteiger partial charge in [-0.15, -0.1) is 0 Å². The van der Waals surface area contributed by atoms with Crippen molar-refractivity contribution < 1.29 is 9.59 Å². The first kappa shape index (κ1) is 24.0. The lowest BCUT2D eigenvalue weighted by Crippen LogP contribution is -2.22. The number of hydrogen-bond donors (Lipinski definition) is 3. The number of carbonyl (C=O) groups is 2. The van der Waals surface area contributed by atoms with Crippen LogP contribution in [0.5, 0.6) is 0 Å². The van der Waals surface area contributed by atoms with E-state index in [4.69, 9.17) is 0 Å². The lowest BCUT2D eigenvalue weighted by Gasteiger charge is -2.19. The van der Waals surface area contributed by atoms with E-state index in [1.54, 1.807) is 0 Å². The summed E-state index contributed by atoms with van der Waals surface area (Å²) in [6, 6.07) is 17.4. The lowest BCUT2D eigenvalue weighted by atomic mass is 9.87. The zero-order valence-electron chi connectivity index (χ0n) is 20.0. The predicted octanol–water partition coefficient (Wildman–Crippen LogP) is 5.47. The van der Waals surface area contributed by atoms with Gasteiger partial charge in [-0.2, -0.15) is 0 Å². The van der Waals surface area contributed by atoms with E-state index in [2.05, 4.69) is 57.2 Å². The molecule has 33 heavy (non-hydrogen) atoms. The van der Waals surface area contributed by atoms with Gasteiger partial charge >= 0.3 is 0 Å². The molecule has 1 heterocycles. The number of anilines is 2. The van der Waals surface area contributed by atoms with Crippen molar-refractivity contribution in [2.75, 3.05) is 10.6 Å². The van der Waals surface area contributed by atoms with Crippen molar-refractivity contribution in [1.29, 1.82) is 0 Å². The third-order valence-corrected chi connectivity index (χ3v) is 5.35. The summed E-state index contributed by atoms with van der Waals surface area (Å²) in [5.41, 5.74) is 3.07. The molecule has 0 bridgehead atoms. The van der Waals surface area contributed by atoms with E-state index in [1.807, 2.05) is 48.5 Å². The van der Waals surface area contributed by atoms with Gasteiger partial charge in [0.1, 0.15) is 11.4 Å². The molecular formula is C27H31N3O3. The summed E-state index contributed by atoms with van der Waals surface area (Å²) in [5.74, 6) is -1.00. The fraction of sp³-hybridized carbons (Fsp3) is 0.296. The average Bonchev–Trinajstić information content (AvgIpc) is 2.72. The normalized spacial score (nSPS) is 11.7. The standard InChI is InChI=1S/C27H31N3O3/c1-26(2,3)17-7-11-19(12-8-17)28-24(32)22-15-21(31)16-23(30-22)25(33)29-20-13-9-18(10-14-20)27(4,5)6/h7-16H,1-6H3,(H,28,32)(H,29,33)(H,30,31). The SMILES string of the molecule is CC(C)(C)c1ccc(NC(=O)c2cc(=O)cc(C(=O)Nc3ccc(C(C)(C)C)cc3)[nH]2)cc1. The molecule has 6 heteroatoms. The van der Waals surface area contributed by atoms with Gasteiger partial charge in [-0.05, 0) is 46.2 Å². The van der Waals surface area contributed by atoms with E-state index in [-0.39, 0.29) is 22.2 Å². The molecule has 2 amide bonds. The molecule has 0 saturated heterocycles. The Kier molecular flexibility index (Phi) is 6.58. The summed E-state index contributed by atoms with van der Waals surface area (Å²) < 4.78 is 0. The molecular weight excluding hydrogens is 414 g/mol. The number of hydrogen-bond acceptors (Lipinski definition) is 3. The summed E-state index contributed by atoms with van der Waals surface area (Å²) in [7, 11) is 0. The van der Waals surface area contributed by atoms with Crippen LogP contribution in [-0.4, -0.2) is 16.8 Å². The van der Waals surface area contributed by atoms with Crippen LogP contribution in [0.25, 0.3) is 0 Å². The third-order valence-electron chi connectivity index (χ3n) is 5.35. The Labute approximate surface area is 194 Å². The van der Waals surface area contributed by atoms with Crippen LogP contribution in [0.3, 0.4) is 0 Å². The Morgan fingerprint density at radius 2 is 0.970 bits per heavy atom. The molecule has 0 atom stereocenters. The van der Waals surface area contributed by atoms with Crippen LogP contribution in [0.15, 0.2) is 65.5 Å². The highest BCUT2D eigenvalue weighted by Crippen LogP contribution is 2.24. The van der Waals surface area contributed by atoms with E-state index >= 15 is 0 Å². The highest BCUT2D eigenvalue weighted by Gasteiger charge is 2.16. The van der Waals surface area contributed by atoms with Gasteiger partial charge in [-0.25, -0.2) is 0 Å². The molecule has 3 rings (SSSR count). The Morgan fingerprint density at radius 3 is 1.27 bits per heavy atom. The van der Waals surface area contributed by atoms with Crippen molar-refractivity contribution in [3.8, 4) is 0 Å². The summed E-state index contributed by atoms with van der Waals surface area (Å²) in [5, 5.41) is 5.52. The minimum atomic E-state index is -0.500. The van der Waals surface area contributed by atoms with Crippen LogP contribution < -0.4 is 16.1 Å². The smallest absolute Gasteiger partial charge is 0.272 e. The number of benzene rings is 2. The molecule has 0 radical (unpaired) electrons. The largest absolute Gasteiger partial charge is 0.346 e. The highest BCUT2D eigenvalue weighted by atomic mass is 16.2. The van der Waals surface area contributed by atoms with Gasteiger partial charge in [0, 0.05) is 23.5 Å². The first-order chi connectivity index (χ1) is 15.3. The van der Waals surface area contributed by atoms with Gasteiger partial charge in [0.2, 0.25) is 0 Å². The van der Waals surface area contributed by atoms with E-state index in [9.17, 15) is 14.4 Å². The van der Waals surface area contributed by atoms with Crippen molar-refractivity contribution in [1.82, 2.24) is 4.98 Å². The molecule has 0 fully saturated rings. The number of pyridine rings is 1. The number of aromatic amines is 1. The van der Waals surface area contributed by atoms with Gasteiger partial charge in [-0.3, -0.25) is 14.4 Å². The molecule has 0 saturated carbocycles. The molecule has 0 aliphatic rings. The van der Waals surface area contributed by atoms with Crippen LogP contribution in [-0.2, 0) is 10.8 Å². The minimum Gasteiger partial charge on any atom is -0.346 e. The summed E-state index contributed by atoms with van der Waals surface area (Å²) in [4.78, 5) is 40.3. The van der Waals surface area contributed by atoms with Crippen LogP contribution in [0.4, 0.5) is 11.4 Å². The fourth-order valence-electron chi connectivity index (χ4n) is 3.29. The van der Waals surface area contributed by atoms with Crippen LogP contribution in [0.2, 0.25) is 0 Å². The topological polar surface area (TPSA) is 91.1 Å². The monoisotopic (exact) mass is 445 g/mol. The number of rotatable bonds is 4. The fourth-order valence-corrected chi connectivity index (χ4v) is 3.29. The van der Waals surface area contributed by atoms with Crippen molar-refractivity contribution in [2.45, 2.75) is 52.4 Å². The zero-order chi connectivity index (χ0) is 24.4. The number of carbonyl (C=O) groups excluding carboxylic acids is 2. The van der Waals surface area contributed by atoms with Crippen molar-refractivity contribution in [3.63, 3.8) is 0 Å². The van der Waals surface area contributed by atoms with Crippen molar-refractivity contribution >= 4 is 23.2 Å². The Morgan fingerprint density at radius 1 is 0.636 bits per heavy atom. The molecule has 172 valence electrons. The van der Waals surface area contributed by atoms with Crippen LogP contribution >= 0.6 is 0 Å². The second kappa shape index (κ2) is 9.06. The van der Waals surface area contributed by atoms with Gasteiger partial charge < -0.3 is 15.6 Å². The molecule has 2 aromatic carbocycles. The van der Waals surface area contributed by atoms with Gasteiger partial charge in [0.05, 0.1) is 0 Å². The number of amides is 2. The second-order valence-corrected chi connectivity index (χ2v) is 10.2. The Bertz CT molecular complexity index is 1120. The first-order valence-electron chi connectivity index (χ1n) is 10.9. The van der Waals surface area contributed by atoms with E-state index < -0.39 is 17.2 Å². The van der Waals surface area contributed by atoms with Crippen LogP contribution in [0, 0.1) is 0 Å². The number of H-pyrrole nitrogens is 1. The van der Waals surface area contributed by atoms with Gasteiger partial charge in [0.15, 0.2) is 5.43 Å². The first-order valence-corrected chi connectivity index (χ1v) is 10.9. The van der Waals surface area contributed by atoms with Crippen LogP contribution in [0.1, 0.15) is 73.6 Å². The van der Waals surface area contributed by atoms with E-state index in [0.29, 0.717) is 11.4 Å². The molecule has 3 aromatic rings. The quantitative estimate of drug-likeness (QED) is 0.497. The minimum absolute atomic E-state index is 0.00251. The molecule has 0 aliphatic heterocycles. The molecule has 1 aromatic heterocycles. The van der Waals surface area contributed by atoms with E-state index in [0.717, 1.165) is 11.1 Å². The summed E-state index contributed by atoms with van der Waals surface area (Å²) >= 11 is 0. The molecule has 0 unspecified atom stereocenters. The van der Waals surface area contributed by atoms with Gasteiger partial charge in [-0.1, -0.05) is 65.8 Å².